The first-order valence-electron chi connectivity index (χ1n) is 7.33. The maximum atomic E-state index is 12.6. The number of hydrogen-bond acceptors (Lipinski definition) is 2. The lowest BCUT2D eigenvalue weighted by molar-refractivity contribution is -0.133. The average molecular weight is 255 g/mol. The molecule has 0 bridgehead atoms. The minimum absolute atomic E-state index is 0.0289. The molecule has 1 atom stereocenters. The lowest BCUT2D eigenvalue weighted by Gasteiger charge is -2.32. The molecule has 1 aliphatic carbocycles. The van der Waals surface area contributed by atoms with Gasteiger partial charge in [-0.15, -0.1) is 0 Å². The molecule has 1 saturated carbocycles. The van der Waals surface area contributed by atoms with Crippen LogP contribution in [0.5, 0.6) is 0 Å². The van der Waals surface area contributed by atoms with Crippen LogP contribution in [0.1, 0.15) is 59.8 Å². The van der Waals surface area contributed by atoms with E-state index in [1.54, 1.807) is 0 Å². The van der Waals surface area contributed by atoms with Crippen molar-refractivity contribution < 1.29 is 9.90 Å². The zero-order chi connectivity index (χ0) is 13.8. The van der Waals surface area contributed by atoms with Gasteiger partial charge in [-0.1, -0.05) is 40.5 Å². The van der Waals surface area contributed by atoms with Gasteiger partial charge in [-0.2, -0.15) is 0 Å². The van der Waals surface area contributed by atoms with E-state index < -0.39 is 0 Å². The van der Waals surface area contributed by atoms with E-state index in [1.807, 2.05) is 13.8 Å². The average Bonchev–Trinajstić information content (AvgIpc) is 2.73. The number of carbonyl (C=O) groups is 1. The van der Waals surface area contributed by atoms with Gasteiger partial charge in [0.25, 0.3) is 0 Å². The van der Waals surface area contributed by atoms with Gasteiger partial charge in [0.2, 0.25) is 5.91 Å². The topological polar surface area (TPSA) is 49.3 Å². The smallest absolute Gasteiger partial charge is 0.226 e. The van der Waals surface area contributed by atoms with Crippen molar-refractivity contribution in [2.24, 2.45) is 17.3 Å². The van der Waals surface area contributed by atoms with Crippen molar-refractivity contribution in [1.29, 1.82) is 0 Å². The lowest BCUT2D eigenvalue weighted by Crippen LogP contribution is -2.48. The summed E-state index contributed by atoms with van der Waals surface area (Å²) in [6.45, 7) is 8.45. The molecule has 0 aliphatic heterocycles. The first-order valence-corrected chi connectivity index (χ1v) is 7.33. The van der Waals surface area contributed by atoms with Crippen LogP contribution in [-0.4, -0.2) is 23.7 Å². The molecule has 2 N–H and O–H groups in total. The number of amides is 1. The van der Waals surface area contributed by atoms with Crippen LogP contribution in [-0.2, 0) is 4.79 Å². The van der Waals surface area contributed by atoms with Gasteiger partial charge in [0, 0.05) is 5.41 Å². The fraction of sp³-hybridized carbons (Fsp3) is 0.933. The fourth-order valence-corrected chi connectivity index (χ4v) is 3.10. The molecular formula is C15H29NO2. The Hall–Kier alpha value is -0.570. The van der Waals surface area contributed by atoms with Crippen molar-refractivity contribution >= 4 is 5.91 Å². The van der Waals surface area contributed by atoms with E-state index in [0.29, 0.717) is 5.92 Å². The van der Waals surface area contributed by atoms with Gasteiger partial charge in [-0.25, -0.2) is 0 Å². The van der Waals surface area contributed by atoms with Crippen LogP contribution in [0, 0.1) is 17.3 Å². The first kappa shape index (κ1) is 15.5. The standard InChI is InChI=1S/C15H29NO2/c1-11(2)9-15(7-5-6-8-15)14(18)16-13(10-17)12(3)4/h11-13,17H,5-10H2,1-4H3,(H,16,18). The fourth-order valence-electron chi connectivity index (χ4n) is 3.10. The van der Waals surface area contributed by atoms with Crippen molar-refractivity contribution in [2.75, 3.05) is 6.61 Å². The molecule has 0 heterocycles. The second-order valence-electron chi connectivity index (χ2n) is 6.59. The zero-order valence-corrected chi connectivity index (χ0v) is 12.3. The Morgan fingerprint density at radius 2 is 1.78 bits per heavy atom. The van der Waals surface area contributed by atoms with E-state index in [1.165, 1.54) is 0 Å². The van der Waals surface area contributed by atoms with Crippen LogP contribution in [0.15, 0.2) is 0 Å². The van der Waals surface area contributed by atoms with Gasteiger partial charge < -0.3 is 10.4 Å². The molecule has 106 valence electrons. The van der Waals surface area contributed by atoms with Crippen molar-refractivity contribution in [3.05, 3.63) is 0 Å². The van der Waals surface area contributed by atoms with E-state index in [9.17, 15) is 9.90 Å². The summed E-state index contributed by atoms with van der Waals surface area (Å²) >= 11 is 0. The Kier molecular flexibility index (Phi) is 5.64. The number of hydrogen-bond donors (Lipinski definition) is 2. The molecule has 1 aliphatic rings. The second kappa shape index (κ2) is 6.55. The summed E-state index contributed by atoms with van der Waals surface area (Å²) in [5.74, 6) is 0.985. The van der Waals surface area contributed by atoms with Crippen molar-refractivity contribution in [1.82, 2.24) is 5.32 Å². The highest BCUT2D eigenvalue weighted by atomic mass is 16.3. The van der Waals surface area contributed by atoms with Gasteiger partial charge in [0.05, 0.1) is 12.6 Å². The highest BCUT2D eigenvalue weighted by Gasteiger charge is 2.41. The molecule has 18 heavy (non-hydrogen) atoms. The van der Waals surface area contributed by atoms with E-state index in [0.717, 1.165) is 32.1 Å². The van der Waals surface area contributed by atoms with Crippen LogP contribution >= 0.6 is 0 Å². The first-order chi connectivity index (χ1) is 8.41. The summed E-state index contributed by atoms with van der Waals surface area (Å²) in [5, 5.41) is 12.4. The van der Waals surface area contributed by atoms with Gasteiger partial charge in [-0.05, 0) is 31.1 Å². The van der Waals surface area contributed by atoms with E-state index in [-0.39, 0.29) is 29.9 Å². The number of rotatable bonds is 6. The van der Waals surface area contributed by atoms with Gasteiger partial charge >= 0.3 is 0 Å². The summed E-state index contributed by atoms with van der Waals surface area (Å²) in [6, 6.07) is -0.109. The summed E-state index contributed by atoms with van der Waals surface area (Å²) in [7, 11) is 0. The molecule has 0 aromatic carbocycles. The third kappa shape index (κ3) is 3.71. The van der Waals surface area contributed by atoms with Crippen molar-refractivity contribution in [3.63, 3.8) is 0 Å². The van der Waals surface area contributed by atoms with Crippen LogP contribution < -0.4 is 5.32 Å². The van der Waals surface area contributed by atoms with Crippen molar-refractivity contribution in [3.8, 4) is 0 Å². The highest BCUT2D eigenvalue weighted by Crippen LogP contribution is 2.43. The number of aliphatic hydroxyl groups is 1. The van der Waals surface area contributed by atoms with E-state index in [2.05, 4.69) is 19.2 Å². The zero-order valence-electron chi connectivity index (χ0n) is 12.3. The van der Waals surface area contributed by atoms with Gasteiger partial charge in [0.1, 0.15) is 0 Å². The van der Waals surface area contributed by atoms with Crippen LogP contribution in [0.25, 0.3) is 0 Å². The maximum absolute atomic E-state index is 12.6. The molecule has 1 unspecified atom stereocenters. The molecule has 3 heteroatoms. The minimum atomic E-state index is -0.170. The summed E-state index contributed by atoms with van der Waals surface area (Å²) in [6.07, 6.45) is 5.30. The number of carbonyl (C=O) groups excluding carboxylic acids is 1. The monoisotopic (exact) mass is 255 g/mol. The Morgan fingerprint density at radius 3 is 2.17 bits per heavy atom. The molecule has 1 fully saturated rings. The summed E-state index contributed by atoms with van der Waals surface area (Å²) < 4.78 is 0. The number of nitrogens with one attached hydrogen (secondary N) is 1. The van der Waals surface area contributed by atoms with Gasteiger partial charge in [-0.3, -0.25) is 4.79 Å². The predicted molar refractivity (Wildman–Crippen MR) is 74.2 cm³/mol. The molecular weight excluding hydrogens is 226 g/mol. The third-order valence-electron chi connectivity index (χ3n) is 4.16. The summed E-state index contributed by atoms with van der Waals surface area (Å²) in [4.78, 5) is 12.6. The molecule has 0 saturated heterocycles. The van der Waals surface area contributed by atoms with Crippen LogP contribution in [0.4, 0.5) is 0 Å². The Bertz CT molecular complexity index is 268. The van der Waals surface area contributed by atoms with Gasteiger partial charge in [0.15, 0.2) is 0 Å². The molecule has 1 rings (SSSR count). The Morgan fingerprint density at radius 1 is 1.22 bits per heavy atom. The van der Waals surface area contributed by atoms with Crippen LogP contribution in [0.2, 0.25) is 0 Å². The maximum Gasteiger partial charge on any atom is 0.226 e. The SMILES string of the molecule is CC(C)CC1(C(=O)NC(CO)C(C)C)CCCC1. The predicted octanol–water partition coefficient (Wildman–Crippen LogP) is 2.73. The van der Waals surface area contributed by atoms with E-state index in [4.69, 9.17) is 0 Å². The largest absolute Gasteiger partial charge is 0.394 e. The second-order valence-corrected chi connectivity index (χ2v) is 6.59. The molecule has 0 radical (unpaired) electrons. The van der Waals surface area contributed by atoms with Crippen LogP contribution in [0.3, 0.4) is 0 Å². The lowest BCUT2D eigenvalue weighted by atomic mass is 9.77. The van der Waals surface area contributed by atoms with E-state index >= 15 is 0 Å². The normalized spacial score (nSPS) is 20.4. The molecule has 0 aromatic rings. The highest BCUT2D eigenvalue weighted by molar-refractivity contribution is 5.83. The molecule has 1 amide bonds. The molecule has 3 nitrogen and oxygen atoms in total. The summed E-state index contributed by atoms with van der Waals surface area (Å²) in [5.41, 5.74) is -0.170. The third-order valence-corrected chi connectivity index (χ3v) is 4.16. The Balaban J connectivity index is 2.71. The minimum Gasteiger partial charge on any atom is -0.394 e. The quantitative estimate of drug-likeness (QED) is 0.766. The van der Waals surface area contributed by atoms with Crippen molar-refractivity contribution in [2.45, 2.75) is 65.8 Å². The Labute approximate surface area is 111 Å². The number of aliphatic hydroxyl groups excluding tert-OH is 1. The molecule has 0 spiro atoms. The molecule has 0 aromatic heterocycles.